The average molecular weight is 409 g/mol. The Hall–Kier alpha value is -3.42. The van der Waals surface area contributed by atoms with Crippen LogP contribution in [0.4, 0.5) is 14.7 Å². The van der Waals surface area contributed by atoms with Crippen molar-refractivity contribution >= 4 is 11.9 Å². The Morgan fingerprint density at radius 1 is 1.13 bits per heavy atom. The minimum Gasteiger partial charge on any atom is -0.369 e. The number of benzene rings is 1. The predicted molar refractivity (Wildman–Crippen MR) is 109 cm³/mol. The van der Waals surface area contributed by atoms with Crippen LogP contribution in [0.15, 0.2) is 55.0 Å². The number of nitrogens with zero attached hydrogens (tertiary/aromatic N) is 3. The van der Waals surface area contributed by atoms with Gasteiger partial charge in [-0.15, -0.1) is 0 Å². The van der Waals surface area contributed by atoms with E-state index in [4.69, 9.17) is 5.73 Å². The minimum absolute atomic E-state index is 0.124. The van der Waals surface area contributed by atoms with E-state index < -0.39 is 23.3 Å². The Bertz CT molecular complexity index is 1050. The summed E-state index contributed by atoms with van der Waals surface area (Å²) in [6, 6.07) is 10.3. The summed E-state index contributed by atoms with van der Waals surface area (Å²) in [7, 11) is 0. The molecule has 0 unspecified atom stereocenters. The van der Waals surface area contributed by atoms with Gasteiger partial charge in [-0.05, 0) is 36.1 Å². The molecule has 0 bridgehead atoms. The first kappa shape index (κ1) is 19.9. The van der Waals surface area contributed by atoms with E-state index in [1.807, 2.05) is 24.3 Å². The topological polar surface area (TPSA) is 93.8 Å². The van der Waals surface area contributed by atoms with Crippen molar-refractivity contribution < 1.29 is 13.6 Å². The van der Waals surface area contributed by atoms with E-state index in [9.17, 15) is 13.6 Å². The molecule has 0 saturated heterocycles. The summed E-state index contributed by atoms with van der Waals surface area (Å²) >= 11 is 0. The number of nitrogens with two attached hydrogens (primary N) is 1. The number of carbonyl (C=O) groups is 1. The van der Waals surface area contributed by atoms with Crippen LogP contribution in [-0.4, -0.2) is 33.6 Å². The van der Waals surface area contributed by atoms with Crippen molar-refractivity contribution in [3.8, 4) is 11.1 Å². The van der Waals surface area contributed by atoms with Crippen molar-refractivity contribution in [2.24, 2.45) is 5.73 Å². The van der Waals surface area contributed by atoms with Gasteiger partial charge in [0.25, 0.3) is 0 Å². The Morgan fingerprint density at radius 2 is 1.87 bits per heavy atom. The molecule has 3 aromatic rings. The van der Waals surface area contributed by atoms with Gasteiger partial charge in [0.05, 0.1) is 12.1 Å². The number of hydrogen-bond acceptors (Lipinski definition) is 5. The Kier molecular flexibility index (Phi) is 5.39. The molecule has 0 radical (unpaired) electrons. The van der Waals surface area contributed by atoms with Gasteiger partial charge in [-0.25, -0.2) is 18.7 Å². The van der Waals surface area contributed by atoms with E-state index in [-0.39, 0.29) is 31.5 Å². The molecule has 1 aliphatic carbocycles. The molecule has 4 rings (SSSR count). The number of aromatic nitrogens is 3. The zero-order valence-corrected chi connectivity index (χ0v) is 16.2. The first-order valence-electron chi connectivity index (χ1n) is 9.64. The van der Waals surface area contributed by atoms with Gasteiger partial charge in [-0.1, -0.05) is 24.3 Å². The highest BCUT2D eigenvalue weighted by Gasteiger charge is 2.48. The maximum atomic E-state index is 14.3. The molecule has 3 N–H and O–H groups in total. The number of rotatable bonds is 7. The van der Waals surface area contributed by atoms with E-state index in [0.29, 0.717) is 5.95 Å². The molecule has 0 spiro atoms. The third-order valence-electron chi connectivity index (χ3n) is 5.42. The number of alkyl halides is 1. The normalized spacial score (nSPS) is 20.4. The number of anilines is 1. The predicted octanol–water partition coefficient (Wildman–Crippen LogP) is 3.19. The third kappa shape index (κ3) is 3.98. The molecule has 1 saturated carbocycles. The van der Waals surface area contributed by atoms with Gasteiger partial charge in [-0.2, -0.15) is 0 Å². The van der Waals surface area contributed by atoms with Crippen molar-refractivity contribution in [2.75, 3.05) is 11.9 Å². The molecule has 1 aromatic carbocycles. The average Bonchev–Trinajstić information content (AvgIpc) is 2.71. The standard InChI is InChI=1S/C22H21F2N5O/c23-16-9-22(10-16,20-18(24)6-3-7-26-20)13-29-21-27-11-15(12-28-21)17-5-2-1-4-14(17)8-19(25)30/h1-7,11-12,16H,8-10,13H2,(H2,25,30)(H,27,28,29). The zero-order chi connectivity index (χ0) is 21.1. The molecule has 0 atom stereocenters. The van der Waals surface area contributed by atoms with Gasteiger partial charge >= 0.3 is 0 Å². The van der Waals surface area contributed by atoms with E-state index in [1.165, 1.54) is 18.3 Å². The van der Waals surface area contributed by atoms with Gasteiger partial charge in [0.15, 0.2) is 0 Å². The molecule has 2 heterocycles. The number of primary amides is 1. The second-order valence-corrected chi connectivity index (χ2v) is 7.57. The number of pyridine rings is 1. The molecule has 30 heavy (non-hydrogen) atoms. The number of amides is 1. The highest BCUT2D eigenvalue weighted by Crippen LogP contribution is 2.45. The van der Waals surface area contributed by atoms with Crippen LogP contribution < -0.4 is 11.1 Å². The van der Waals surface area contributed by atoms with Crippen LogP contribution in [0.2, 0.25) is 0 Å². The highest BCUT2D eigenvalue weighted by atomic mass is 19.1. The van der Waals surface area contributed by atoms with Crippen LogP contribution >= 0.6 is 0 Å². The van der Waals surface area contributed by atoms with Crippen molar-refractivity contribution in [2.45, 2.75) is 30.8 Å². The summed E-state index contributed by atoms with van der Waals surface area (Å²) in [5, 5.41) is 3.09. The molecule has 0 aliphatic heterocycles. The number of halogens is 2. The molecule has 1 fully saturated rings. The second kappa shape index (κ2) is 8.14. The monoisotopic (exact) mass is 409 g/mol. The lowest BCUT2D eigenvalue weighted by atomic mass is 9.65. The van der Waals surface area contributed by atoms with Crippen LogP contribution in [0.25, 0.3) is 11.1 Å². The third-order valence-corrected chi connectivity index (χ3v) is 5.42. The molecular formula is C22H21F2N5O. The summed E-state index contributed by atoms with van der Waals surface area (Å²) in [5.41, 5.74) is 7.24. The van der Waals surface area contributed by atoms with Gasteiger partial charge in [-0.3, -0.25) is 9.78 Å². The smallest absolute Gasteiger partial charge is 0.222 e. The van der Waals surface area contributed by atoms with E-state index in [2.05, 4.69) is 20.3 Å². The number of nitrogens with one attached hydrogen (secondary N) is 1. The van der Waals surface area contributed by atoms with Crippen LogP contribution in [0, 0.1) is 5.82 Å². The molecule has 1 aliphatic rings. The summed E-state index contributed by atoms with van der Waals surface area (Å²) in [6.45, 7) is 0.277. The molecule has 2 aromatic heterocycles. The SMILES string of the molecule is NC(=O)Cc1ccccc1-c1cnc(NCC2(c3ncccc3F)CC(F)C2)nc1. The minimum atomic E-state index is -0.974. The van der Waals surface area contributed by atoms with Crippen LogP contribution in [-0.2, 0) is 16.6 Å². The maximum Gasteiger partial charge on any atom is 0.222 e. The maximum absolute atomic E-state index is 14.3. The molecule has 8 heteroatoms. The van der Waals surface area contributed by atoms with Gasteiger partial charge in [0.1, 0.15) is 12.0 Å². The Balaban J connectivity index is 1.51. The molecular weight excluding hydrogens is 388 g/mol. The second-order valence-electron chi connectivity index (χ2n) is 7.57. The lowest BCUT2D eigenvalue weighted by molar-refractivity contribution is -0.117. The van der Waals surface area contributed by atoms with Crippen molar-refractivity contribution in [3.05, 3.63) is 72.1 Å². The van der Waals surface area contributed by atoms with Crippen molar-refractivity contribution in [1.82, 2.24) is 15.0 Å². The fraction of sp³-hybridized carbons (Fsp3) is 0.273. The number of carbonyl (C=O) groups excluding carboxylic acids is 1. The zero-order valence-electron chi connectivity index (χ0n) is 16.2. The molecule has 1 amide bonds. The first-order valence-corrected chi connectivity index (χ1v) is 9.64. The highest BCUT2D eigenvalue weighted by molar-refractivity contribution is 5.80. The summed E-state index contributed by atoms with van der Waals surface area (Å²) < 4.78 is 27.9. The van der Waals surface area contributed by atoms with E-state index >= 15 is 0 Å². The largest absolute Gasteiger partial charge is 0.369 e. The van der Waals surface area contributed by atoms with Crippen LogP contribution in [0.1, 0.15) is 24.1 Å². The quantitative estimate of drug-likeness (QED) is 0.625. The fourth-order valence-electron chi connectivity index (χ4n) is 3.94. The lowest BCUT2D eigenvalue weighted by Crippen LogP contribution is -2.49. The summed E-state index contributed by atoms with van der Waals surface area (Å²) in [4.78, 5) is 24.1. The van der Waals surface area contributed by atoms with E-state index in [0.717, 1.165) is 16.7 Å². The fourth-order valence-corrected chi connectivity index (χ4v) is 3.94. The van der Waals surface area contributed by atoms with Gasteiger partial charge < -0.3 is 11.1 Å². The Labute approximate surface area is 172 Å². The van der Waals surface area contributed by atoms with E-state index in [1.54, 1.807) is 12.4 Å². The van der Waals surface area contributed by atoms with Gasteiger partial charge in [0, 0.05) is 36.1 Å². The first-order chi connectivity index (χ1) is 14.5. The van der Waals surface area contributed by atoms with Gasteiger partial charge in [0.2, 0.25) is 11.9 Å². The van der Waals surface area contributed by atoms with Crippen LogP contribution in [0.3, 0.4) is 0 Å². The summed E-state index contributed by atoms with van der Waals surface area (Å²) in [5.74, 6) is -0.502. The molecule has 6 nitrogen and oxygen atoms in total. The van der Waals surface area contributed by atoms with Crippen molar-refractivity contribution in [3.63, 3.8) is 0 Å². The van der Waals surface area contributed by atoms with Crippen molar-refractivity contribution in [1.29, 1.82) is 0 Å². The molecule has 154 valence electrons. The Morgan fingerprint density at radius 3 is 2.53 bits per heavy atom. The number of hydrogen-bond donors (Lipinski definition) is 2. The van der Waals surface area contributed by atoms with Crippen LogP contribution in [0.5, 0.6) is 0 Å². The summed E-state index contributed by atoms with van der Waals surface area (Å²) in [6.07, 6.45) is 4.35. The lowest BCUT2D eigenvalue weighted by Gasteiger charge is -2.43.